The lowest BCUT2D eigenvalue weighted by Crippen LogP contribution is -2.42. The molecule has 1 saturated carbocycles. The van der Waals surface area contributed by atoms with Crippen LogP contribution in [0.4, 0.5) is 0 Å². The molecule has 1 aromatic rings. The van der Waals surface area contributed by atoms with Crippen molar-refractivity contribution in [2.45, 2.75) is 63.6 Å². The van der Waals surface area contributed by atoms with E-state index in [1.165, 1.54) is 25.8 Å². The molecule has 6 heteroatoms. The first-order valence-corrected chi connectivity index (χ1v) is 8.70. The SMILES string of the molecule is CC(=O)OC(C)(CCc1cccc2c1O[C@@H]1CCC[C@H]21)C(=O)OCO. The number of rotatable bonds is 6. The fourth-order valence-corrected chi connectivity index (χ4v) is 3.91. The second-order valence-electron chi connectivity index (χ2n) is 6.91. The van der Waals surface area contributed by atoms with E-state index in [-0.39, 0.29) is 12.5 Å². The van der Waals surface area contributed by atoms with E-state index in [4.69, 9.17) is 14.6 Å². The molecule has 3 rings (SSSR count). The normalized spacial score (nSPS) is 23.2. The Morgan fingerprint density at radius 2 is 2.16 bits per heavy atom. The number of hydrogen-bond acceptors (Lipinski definition) is 6. The van der Waals surface area contributed by atoms with Crippen LogP contribution in [0.5, 0.6) is 5.75 Å². The van der Waals surface area contributed by atoms with Gasteiger partial charge in [-0.2, -0.15) is 0 Å². The zero-order valence-corrected chi connectivity index (χ0v) is 14.6. The third-order valence-electron chi connectivity index (χ3n) is 5.12. The molecule has 1 unspecified atom stereocenters. The average Bonchev–Trinajstić information content (AvgIpc) is 3.14. The van der Waals surface area contributed by atoms with Crippen LogP contribution in [-0.4, -0.2) is 35.5 Å². The first-order chi connectivity index (χ1) is 11.9. The number of fused-ring (bicyclic) bond motifs is 3. The largest absolute Gasteiger partial charge is 0.489 e. The monoisotopic (exact) mass is 348 g/mol. The van der Waals surface area contributed by atoms with Crippen molar-refractivity contribution in [3.05, 3.63) is 29.3 Å². The van der Waals surface area contributed by atoms with Gasteiger partial charge < -0.3 is 19.3 Å². The predicted octanol–water partition coefficient (Wildman–Crippen LogP) is 2.46. The van der Waals surface area contributed by atoms with Crippen molar-refractivity contribution in [1.29, 1.82) is 0 Å². The van der Waals surface area contributed by atoms with E-state index in [2.05, 4.69) is 10.8 Å². The number of para-hydroxylation sites is 1. The number of carbonyl (C=O) groups is 2. The van der Waals surface area contributed by atoms with Gasteiger partial charge in [0.2, 0.25) is 5.60 Å². The molecule has 136 valence electrons. The summed E-state index contributed by atoms with van der Waals surface area (Å²) in [6.07, 6.45) is 4.43. The first-order valence-electron chi connectivity index (χ1n) is 8.70. The molecule has 1 aromatic carbocycles. The summed E-state index contributed by atoms with van der Waals surface area (Å²) in [5, 5.41) is 8.83. The highest BCUT2D eigenvalue weighted by Crippen LogP contribution is 2.48. The Bertz CT molecular complexity index is 670. The van der Waals surface area contributed by atoms with E-state index in [0.29, 0.717) is 12.3 Å². The number of benzene rings is 1. The summed E-state index contributed by atoms with van der Waals surface area (Å²) < 4.78 is 16.0. The molecule has 0 saturated heterocycles. The number of ether oxygens (including phenoxy) is 3. The maximum Gasteiger partial charge on any atom is 0.352 e. The highest BCUT2D eigenvalue weighted by molar-refractivity contribution is 5.82. The molecule has 1 fully saturated rings. The molecule has 0 amide bonds. The van der Waals surface area contributed by atoms with Gasteiger partial charge in [0.05, 0.1) is 0 Å². The first kappa shape index (κ1) is 17.7. The van der Waals surface area contributed by atoms with E-state index >= 15 is 0 Å². The third-order valence-corrected chi connectivity index (χ3v) is 5.12. The van der Waals surface area contributed by atoms with Crippen LogP contribution in [0.3, 0.4) is 0 Å². The summed E-state index contributed by atoms with van der Waals surface area (Å²) in [6, 6.07) is 6.10. The van der Waals surface area contributed by atoms with Crippen LogP contribution in [0.1, 0.15) is 56.6 Å². The molecular formula is C19H24O6. The van der Waals surface area contributed by atoms with Crippen LogP contribution in [0, 0.1) is 0 Å². The standard InChI is InChI=1S/C19H24O6/c1-12(21)25-19(2,18(22)23-11-20)10-9-13-5-3-7-15-14-6-4-8-16(14)24-17(13)15/h3,5,7,14,16,20H,4,6,8-11H2,1-2H3/t14-,16-,19?/m1/s1. The molecule has 1 heterocycles. The lowest BCUT2D eigenvalue weighted by Gasteiger charge is -2.26. The topological polar surface area (TPSA) is 82.1 Å². The van der Waals surface area contributed by atoms with Crippen LogP contribution in [-0.2, 0) is 25.5 Å². The molecule has 1 aliphatic carbocycles. The molecule has 0 bridgehead atoms. The van der Waals surface area contributed by atoms with E-state index < -0.39 is 24.3 Å². The Labute approximate surface area is 147 Å². The van der Waals surface area contributed by atoms with Gasteiger partial charge in [0, 0.05) is 24.8 Å². The summed E-state index contributed by atoms with van der Waals surface area (Å²) in [4.78, 5) is 23.5. The molecule has 0 aromatic heterocycles. The van der Waals surface area contributed by atoms with Crippen LogP contribution in [0.2, 0.25) is 0 Å². The van der Waals surface area contributed by atoms with Crippen molar-refractivity contribution < 1.29 is 28.9 Å². The Morgan fingerprint density at radius 1 is 1.36 bits per heavy atom. The second kappa shape index (κ2) is 7.04. The third kappa shape index (κ3) is 3.49. The van der Waals surface area contributed by atoms with Crippen LogP contribution >= 0.6 is 0 Å². The summed E-state index contributed by atoms with van der Waals surface area (Å²) in [5.74, 6) is 0.0593. The minimum Gasteiger partial charge on any atom is -0.489 e. The maximum absolute atomic E-state index is 12.1. The van der Waals surface area contributed by atoms with Gasteiger partial charge >= 0.3 is 11.9 Å². The summed E-state index contributed by atoms with van der Waals surface area (Å²) in [7, 11) is 0. The fraction of sp³-hybridized carbons (Fsp3) is 0.579. The number of carbonyl (C=O) groups excluding carboxylic acids is 2. The number of hydrogen-bond donors (Lipinski definition) is 1. The zero-order chi connectivity index (χ0) is 18.0. The van der Waals surface area contributed by atoms with Gasteiger partial charge in [-0.25, -0.2) is 4.79 Å². The molecule has 0 spiro atoms. The van der Waals surface area contributed by atoms with Gasteiger partial charge in [0.25, 0.3) is 0 Å². The minimum absolute atomic E-state index is 0.251. The van der Waals surface area contributed by atoms with Crippen molar-refractivity contribution in [3.63, 3.8) is 0 Å². The number of aliphatic hydroxyl groups is 1. The number of esters is 2. The molecule has 6 nitrogen and oxygen atoms in total. The van der Waals surface area contributed by atoms with E-state index in [1.807, 2.05) is 12.1 Å². The van der Waals surface area contributed by atoms with Gasteiger partial charge in [0.15, 0.2) is 6.79 Å². The molecule has 1 aliphatic heterocycles. The highest BCUT2D eigenvalue weighted by atomic mass is 16.6. The van der Waals surface area contributed by atoms with E-state index in [9.17, 15) is 9.59 Å². The summed E-state index contributed by atoms with van der Waals surface area (Å²) >= 11 is 0. The van der Waals surface area contributed by atoms with Gasteiger partial charge in [-0.3, -0.25) is 4.79 Å². The number of aryl methyl sites for hydroxylation is 1. The molecule has 25 heavy (non-hydrogen) atoms. The van der Waals surface area contributed by atoms with E-state index in [1.54, 1.807) is 0 Å². The lowest BCUT2D eigenvalue weighted by atomic mass is 9.92. The predicted molar refractivity (Wildman–Crippen MR) is 89.1 cm³/mol. The second-order valence-corrected chi connectivity index (χ2v) is 6.91. The van der Waals surface area contributed by atoms with Gasteiger partial charge in [-0.05, 0) is 38.2 Å². The van der Waals surface area contributed by atoms with Gasteiger partial charge in [-0.15, -0.1) is 0 Å². The Kier molecular flexibility index (Phi) is 4.99. The lowest BCUT2D eigenvalue weighted by molar-refractivity contribution is -0.185. The Morgan fingerprint density at radius 3 is 2.88 bits per heavy atom. The number of aliphatic hydroxyl groups excluding tert-OH is 1. The molecule has 1 N–H and O–H groups in total. The van der Waals surface area contributed by atoms with Gasteiger partial charge in [-0.1, -0.05) is 18.2 Å². The van der Waals surface area contributed by atoms with Gasteiger partial charge in [0.1, 0.15) is 11.9 Å². The molecule has 2 aliphatic rings. The Hall–Kier alpha value is -2.08. The fourth-order valence-electron chi connectivity index (χ4n) is 3.91. The van der Waals surface area contributed by atoms with Crippen molar-refractivity contribution >= 4 is 11.9 Å². The average molecular weight is 348 g/mol. The van der Waals surface area contributed by atoms with Crippen molar-refractivity contribution in [3.8, 4) is 5.75 Å². The van der Waals surface area contributed by atoms with Crippen molar-refractivity contribution in [2.24, 2.45) is 0 Å². The van der Waals surface area contributed by atoms with Crippen LogP contribution in [0.25, 0.3) is 0 Å². The Balaban J connectivity index is 1.77. The molecular weight excluding hydrogens is 324 g/mol. The van der Waals surface area contributed by atoms with E-state index in [0.717, 1.165) is 24.2 Å². The highest BCUT2D eigenvalue weighted by Gasteiger charge is 2.41. The quantitative estimate of drug-likeness (QED) is 0.628. The summed E-state index contributed by atoms with van der Waals surface area (Å²) in [5.41, 5.74) is 0.806. The molecule has 3 atom stereocenters. The van der Waals surface area contributed by atoms with Crippen molar-refractivity contribution in [1.82, 2.24) is 0 Å². The minimum atomic E-state index is -1.44. The zero-order valence-electron chi connectivity index (χ0n) is 14.6. The maximum atomic E-state index is 12.1. The van der Waals surface area contributed by atoms with Crippen LogP contribution < -0.4 is 4.74 Å². The molecule has 0 radical (unpaired) electrons. The summed E-state index contributed by atoms with van der Waals surface area (Å²) in [6.45, 7) is 2.00. The van der Waals surface area contributed by atoms with Crippen molar-refractivity contribution in [2.75, 3.05) is 6.79 Å². The van der Waals surface area contributed by atoms with Crippen LogP contribution in [0.15, 0.2) is 18.2 Å². The smallest absolute Gasteiger partial charge is 0.352 e.